The van der Waals surface area contributed by atoms with Crippen LogP contribution in [0.25, 0.3) is 22.2 Å². The van der Waals surface area contributed by atoms with Gasteiger partial charge in [-0.3, -0.25) is 9.78 Å². The first-order chi connectivity index (χ1) is 14.3. The van der Waals surface area contributed by atoms with Crippen LogP contribution in [0.2, 0.25) is 0 Å². The number of pyridine rings is 1. The first-order valence-electron chi connectivity index (χ1n) is 9.93. The average molecular weight is 381 g/mol. The van der Waals surface area contributed by atoms with E-state index >= 15 is 0 Å². The highest BCUT2D eigenvalue weighted by Crippen LogP contribution is 2.48. The Kier molecular flexibility index (Phi) is 3.57. The van der Waals surface area contributed by atoms with E-state index in [-0.39, 0.29) is 5.91 Å². The second kappa shape index (κ2) is 6.27. The summed E-state index contributed by atoms with van der Waals surface area (Å²) < 4.78 is 5.47. The van der Waals surface area contributed by atoms with E-state index in [4.69, 9.17) is 4.42 Å². The second-order valence-corrected chi connectivity index (χ2v) is 7.91. The molecule has 5 nitrogen and oxygen atoms in total. The van der Waals surface area contributed by atoms with E-state index in [0.717, 1.165) is 40.7 Å². The third kappa shape index (κ3) is 2.73. The van der Waals surface area contributed by atoms with Gasteiger partial charge in [0.05, 0.1) is 6.20 Å². The van der Waals surface area contributed by atoms with Crippen molar-refractivity contribution >= 4 is 16.7 Å². The van der Waals surface area contributed by atoms with Crippen LogP contribution >= 0.6 is 0 Å². The molecule has 1 fully saturated rings. The van der Waals surface area contributed by atoms with Gasteiger partial charge < -0.3 is 9.32 Å². The van der Waals surface area contributed by atoms with Gasteiger partial charge in [-0.1, -0.05) is 30.3 Å². The maximum Gasteiger partial charge on any atom is 0.254 e. The number of rotatable bonds is 4. The first kappa shape index (κ1) is 16.5. The fraction of sp³-hybridized carbons (Fsp3) is 0.208. The first-order valence-corrected chi connectivity index (χ1v) is 9.93. The molecule has 0 saturated heterocycles. The number of benzene rings is 2. The fourth-order valence-electron chi connectivity index (χ4n) is 4.49. The van der Waals surface area contributed by atoms with Crippen molar-refractivity contribution in [2.75, 3.05) is 6.54 Å². The standard InChI is InChI=1S/C24H19N3O2/c28-24-19-7-3-6-18(23-25-8-9-29-23)21(19)14-27(24)13-17-10-20(17)22-11-15-4-1-2-5-16(15)12-26-22/h1-9,11-12,17,20H,10,13-14H2/t17-,20?/m0/s1. The lowest BCUT2D eigenvalue weighted by Gasteiger charge is -2.15. The zero-order valence-electron chi connectivity index (χ0n) is 15.8. The lowest BCUT2D eigenvalue weighted by Crippen LogP contribution is -2.26. The molecule has 29 heavy (non-hydrogen) atoms. The molecule has 1 saturated carbocycles. The smallest absolute Gasteiger partial charge is 0.254 e. The molecule has 2 aliphatic rings. The Morgan fingerprint density at radius 1 is 1.03 bits per heavy atom. The molecule has 6 rings (SSSR count). The van der Waals surface area contributed by atoms with Gasteiger partial charge in [-0.05, 0) is 41.5 Å². The predicted molar refractivity (Wildman–Crippen MR) is 109 cm³/mol. The number of hydrogen-bond donors (Lipinski definition) is 0. The highest BCUT2D eigenvalue weighted by molar-refractivity contribution is 6.00. The van der Waals surface area contributed by atoms with E-state index in [1.807, 2.05) is 35.4 Å². The normalized spacial score (nSPS) is 20.3. The maximum absolute atomic E-state index is 13.0. The number of nitrogens with zero attached hydrogens (tertiary/aromatic N) is 3. The van der Waals surface area contributed by atoms with Crippen LogP contribution in [0.1, 0.15) is 34.0 Å². The molecule has 142 valence electrons. The monoisotopic (exact) mass is 381 g/mol. The summed E-state index contributed by atoms with van der Waals surface area (Å²) in [6.07, 6.45) is 6.24. The summed E-state index contributed by atoms with van der Waals surface area (Å²) in [6, 6.07) is 16.3. The molecular weight excluding hydrogens is 362 g/mol. The highest BCUT2D eigenvalue weighted by atomic mass is 16.3. The molecule has 2 aromatic heterocycles. The van der Waals surface area contributed by atoms with Crippen molar-refractivity contribution in [2.24, 2.45) is 5.92 Å². The van der Waals surface area contributed by atoms with Crippen molar-refractivity contribution < 1.29 is 9.21 Å². The number of carbonyl (C=O) groups excluding carboxylic acids is 1. The lowest BCUT2D eigenvalue weighted by molar-refractivity contribution is 0.0770. The van der Waals surface area contributed by atoms with Crippen molar-refractivity contribution in [2.45, 2.75) is 18.9 Å². The minimum Gasteiger partial charge on any atom is -0.445 e. The summed E-state index contributed by atoms with van der Waals surface area (Å²) in [4.78, 5) is 23.9. The fourth-order valence-corrected chi connectivity index (χ4v) is 4.49. The summed E-state index contributed by atoms with van der Waals surface area (Å²) in [5.74, 6) is 1.57. The molecule has 2 aromatic carbocycles. The summed E-state index contributed by atoms with van der Waals surface area (Å²) in [5.41, 5.74) is 3.83. The van der Waals surface area contributed by atoms with Crippen LogP contribution in [-0.2, 0) is 6.54 Å². The van der Waals surface area contributed by atoms with Crippen LogP contribution in [0.5, 0.6) is 0 Å². The third-order valence-corrected chi connectivity index (χ3v) is 6.11. The number of carbonyl (C=O) groups is 1. The van der Waals surface area contributed by atoms with Gasteiger partial charge in [0.25, 0.3) is 5.91 Å². The molecule has 3 heterocycles. The molecule has 5 heteroatoms. The molecular formula is C24H19N3O2. The van der Waals surface area contributed by atoms with Crippen molar-refractivity contribution in [3.05, 3.63) is 84.0 Å². The Morgan fingerprint density at radius 3 is 2.76 bits per heavy atom. The summed E-state index contributed by atoms with van der Waals surface area (Å²) in [7, 11) is 0. The SMILES string of the molecule is O=C1c2cccc(-c3ncco3)c2CN1C[C@@H]1CC1c1cc2ccccc2cn1. The summed E-state index contributed by atoms with van der Waals surface area (Å²) in [5, 5.41) is 2.39. The molecule has 0 bridgehead atoms. The molecule has 4 aromatic rings. The third-order valence-electron chi connectivity index (χ3n) is 6.11. The van der Waals surface area contributed by atoms with Crippen molar-refractivity contribution in [3.63, 3.8) is 0 Å². The van der Waals surface area contributed by atoms with E-state index in [1.54, 1.807) is 12.5 Å². The molecule has 0 radical (unpaired) electrons. The Balaban J connectivity index is 1.21. The number of fused-ring (bicyclic) bond motifs is 2. The topological polar surface area (TPSA) is 59.2 Å². The molecule has 1 aliphatic heterocycles. The quantitative estimate of drug-likeness (QED) is 0.516. The van der Waals surface area contributed by atoms with Crippen molar-refractivity contribution in [1.29, 1.82) is 0 Å². The van der Waals surface area contributed by atoms with E-state index in [9.17, 15) is 4.79 Å². The molecule has 0 spiro atoms. The van der Waals surface area contributed by atoms with Gasteiger partial charge in [-0.15, -0.1) is 0 Å². The van der Waals surface area contributed by atoms with Crippen LogP contribution in [-0.4, -0.2) is 27.3 Å². The maximum atomic E-state index is 13.0. The van der Waals surface area contributed by atoms with Crippen LogP contribution in [0.3, 0.4) is 0 Å². The Morgan fingerprint density at radius 2 is 1.90 bits per heavy atom. The van der Waals surface area contributed by atoms with E-state index < -0.39 is 0 Å². The van der Waals surface area contributed by atoms with Crippen LogP contribution in [0, 0.1) is 5.92 Å². The van der Waals surface area contributed by atoms with Gasteiger partial charge in [-0.2, -0.15) is 0 Å². The van der Waals surface area contributed by atoms with Crippen LogP contribution in [0.4, 0.5) is 0 Å². The van der Waals surface area contributed by atoms with Crippen LogP contribution < -0.4 is 0 Å². The lowest BCUT2D eigenvalue weighted by atomic mass is 10.0. The average Bonchev–Trinajstić information content (AvgIpc) is 3.16. The van der Waals surface area contributed by atoms with E-state index in [1.165, 1.54) is 5.39 Å². The molecule has 1 aliphatic carbocycles. The van der Waals surface area contributed by atoms with Gasteiger partial charge >= 0.3 is 0 Å². The highest BCUT2D eigenvalue weighted by Gasteiger charge is 2.43. The number of aromatic nitrogens is 2. The molecule has 0 N–H and O–H groups in total. The van der Waals surface area contributed by atoms with Crippen LogP contribution in [0.15, 0.2) is 71.6 Å². The summed E-state index contributed by atoms with van der Waals surface area (Å²) >= 11 is 0. The minimum atomic E-state index is 0.102. The Labute approximate surface area is 168 Å². The van der Waals surface area contributed by atoms with Crippen molar-refractivity contribution in [3.8, 4) is 11.5 Å². The van der Waals surface area contributed by atoms with Gasteiger partial charge in [0.1, 0.15) is 6.26 Å². The van der Waals surface area contributed by atoms with Crippen molar-refractivity contribution in [1.82, 2.24) is 14.9 Å². The van der Waals surface area contributed by atoms with Gasteiger partial charge in [0.2, 0.25) is 5.89 Å². The van der Waals surface area contributed by atoms with E-state index in [0.29, 0.717) is 24.3 Å². The second-order valence-electron chi connectivity index (χ2n) is 7.91. The number of oxazole rings is 1. The zero-order chi connectivity index (χ0) is 19.4. The predicted octanol–water partition coefficient (Wildman–Crippen LogP) is 4.65. The minimum absolute atomic E-state index is 0.102. The zero-order valence-corrected chi connectivity index (χ0v) is 15.8. The molecule has 2 atom stereocenters. The van der Waals surface area contributed by atoms with Gasteiger partial charge in [-0.25, -0.2) is 4.98 Å². The molecule has 1 amide bonds. The Hall–Kier alpha value is -3.47. The number of amides is 1. The number of hydrogen-bond acceptors (Lipinski definition) is 4. The molecule has 1 unspecified atom stereocenters. The Bertz CT molecular complexity index is 1230. The van der Waals surface area contributed by atoms with E-state index in [2.05, 4.69) is 34.2 Å². The summed E-state index contributed by atoms with van der Waals surface area (Å²) in [6.45, 7) is 1.37. The van der Waals surface area contributed by atoms with Gasteiger partial charge in [0.15, 0.2) is 0 Å². The largest absolute Gasteiger partial charge is 0.445 e. The van der Waals surface area contributed by atoms with Gasteiger partial charge in [0, 0.05) is 47.4 Å².